The normalized spacial score (nSPS) is 17.1. The van der Waals surface area contributed by atoms with E-state index in [2.05, 4.69) is 25.9 Å². The molecule has 5 rings (SSSR count). The van der Waals surface area contributed by atoms with Gasteiger partial charge in [-0.15, -0.1) is 0 Å². The first-order chi connectivity index (χ1) is 26.0. The molecule has 4 aromatic rings. The molecule has 0 saturated heterocycles. The van der Waals surface area contributed by atoms with Crippen LogP contribution >= 0.6 is 0 Å². The predicted octanol–water partition coefficient (Wildman–Crippen LogP) is 2.23. The standard InChI is InChI=1S/C40H51N9O5/c41-29-10-6-9-27(20-29)37(52)48-35(21-28-23-46-32-17-16-30(50)22-31(28)32)39(54)49-34(19-24-12-14-26(15-13-24)25-7-2-1-3-8-25)38(53)47-33(36(42)51)11-4-5-18-45-40(43)44/h1-3,7-8,12-17,22-23,27,29,33-35,46,50H,4-6,9-11,18-21,41H2,(H2,42,51)(H,47,53)(H,48,52)(H,49,54)(H4,43,44,45)/t27-,29-,33-,34-,35-/m0/s1. The SMILES string of the molecule is NC(=O)[C@H](CCCCN=C(N)N)NC(=O)[C@H](Cc1ccc(-c2ccccc2)cc1)NC(=O)[C@H](Cc1c[nH]c2ccc(O)cc12)NC(=O)[C@H]1CCC[C@H](N)C1. The number of aromatic nitrogens is 1. The van der Waals surface area contributed by atoms with E-state index in [1.807, 2.05) is 54.6 Å². The van der Waals surface area contributed by atoms with Crippen LogP contribution in [0, 0.1) is 5.92 Å². The Hall–Kier alpha value is -5.89. The Morgan fingerprint density at radius 3 is 2.19 bits per heavy atom. The lowest BCUT2D eigenvalue weighted by Crippen LogP contribution is -2.58. The van der Waals surface area contributed by atoms with Crippen molar-refractivity contribution in [1.82, 2.24) is 20.9 Å². The van der Waals surface area contributed by atoms with E-state index in [-0.39, 0.29) is 48.8 Å². The van der Waals surface area contributed by atoms with Gasteiger partial charge in [0.1, 0.15) is 23.9 Å². The van der Waals surface area contributed by atoms with Gasteiger partial charge < -0.3 is 49.0 Å². The average Bonchev–Trinajstić information content (AvgIpc) is 3.55. The first-order valence-corrected chi connectivity index (χ1v) is 18.4. The first-order valence-electron chi connectivity index (χ1n) is 18.4. The molecule has 0 aliphatic heterocycles. The second-order valence-corrected chi connectivity index (χ2v) is 14.0. The molecule has 3 aromatic carbocycles. The number of nitrogens with zero attached hydrogens (tertiary/aromatic N) is 1. The van der Waals surface area contributed by atoms with Gasteiger partial charge in [0.15, 0.2) is 5.96 Å². The molecule has 13 N–H and O–H groups in total. The first kappa shape index (κ1) is 39.3. The quantitative estimate of drug-likeness (QED) is 0.0440. The molecule has 0 unspecified atom stereocenters. The minimum Gasteiger partial charge on any atom is -0.508 e. The number of nitrogens with one attached hydrogen (secondary N) is 4. The van der Waals surface area contributed by atoms with Crippen molar-refractivity contribution in [3.63, 3.8) is 0 Å². The van der Waals surface area contributed by atoms with Crippen molar-refractivity contribution in [2.75, 3.05) is 6.54 Å². The lowest BCUT2D eigenvalue weighted by molar-refractivity contribution is -0.134. The fourth-order valence-corrected chi connectivity index (χ4v) is 6.93. The highest BCUT2D eigenvalue weighted by atomic mass is 16.3. The third-order valence-corrected chi connectivity index (χ3v) is 9.88. The minimum atomic E-state index is -1.14. The van der Waals surface area contributed by atoms with Crippen molar-refractivity contribution in [2.45, 2.75) is 82.0 Å². The lowest BCUT2D eigenvalue weighted by Gasteiger charge is -2.29. The molecule has 286 valence electrons. The monoisotopic (exact) mass is 737 g/mol. The summed E-state index contributed by atoms with van der Waals surface area (Å²) in [7, 11) is 0. The van der Waals surface area contributed by atoms with Crippen LogP contribution in [0.3, 0.4) is 0 Å². The summed E-state index contributed by atoms with van der Waals surface area (Å²) in [6.07, 6.45) is 5.98. The summed E-state index contributed by atoms with van der Waals surface area (Å²) in [6.45, 7) is 0.357. The van der Waals surface area contributed by atoms with Crippen LogP contribution in [0.25, 0.3) is 22.0 Å². The fourth-order valence-electron chi connectivity index (χ4n) is 6.93. The largest absolute Gasteiger partial charge is 0.508 e. The number of aromatic hydroxyl groups is 1. The Bertz CT molecular complexity index is 1920. The van der Waals surface area contributed by atoms with Gasteiger partial charge in [0.2, 0.25) is 23.6 Å². The Balaban J connectivity index is 1.39. The molecule has 14 heteroatoms. The molecule has 5 atom stereocenters. The molecule has 54 heavy (non-hydrogen) atoms. The Morgan fingerprint density at radius 2 is 1.50 bits per heavy atom. The number of fused-ring (bicyclic) bond motifs is 1. The van der Waals surface area contributed by atoms with Crippen LogP contribution in [0.15, 0.2) is 84.0 Å². The summed E-state index contributed by atoms with van der Waals surface area (Å²) >= 11 is 0. The fraction of sp³-hybridized carbons (Fsp3) is 0.375. The van der Waals surface area contributed by atoms with Crippen LogP contribution in [-0.4, -0.2) is 70.4 Å². The van der Waals surface area contributed by atoms with Crippen LogP contribution in [0.1, 0.15) is 56.1 Å². The van der Waals surface area contributed by atoms with Crippen molar-refractivity contribution in [3.05, 3.63) is 90.1 Å². The van der Waals surface area contributed by atoms with Gasteiger partial charge in [-0.2, -0.15) is 0 Å². The summed E-state index contributed by atoms with van der Waals surface area (Å²) in [5, 5.41) is 19.5. The second-order valence-electron chi connectivity index (χ2n) is 14.0. The molecule has 0 radical (unpaired) electrons. The highest BCUT2D eigenvalue weighted by Gasteiger charge is 2.33. The molecule has 4 amide bonds. The molecule has 14 nitrogen and oxygen atoms in total. The van der Waals surface area contributed by atoms with Crippen molar-refractivity contribution in [3.8, 4) is 16.9 Å². The summed E-state index contributed by atoms with van der Waals surface area (Å²) < 4.78 is 0. The number of rotatable bonds is 17. The van der Waals surface area contributed by atoms with E-state index in [1.165, 1.54) is 0 Å². The number of benzene rings is 3. The number of aromatic amines is 1. The van der Waals surface area contributed by atoms with E-state index >= 15 is 0 Å². The van der Waals surface area contributed by atoms with Gasteiger partial charge in [0.05, 0.1) is 0 Å². The van der Waals surface area contributed by atoms with Crippen LogP contribution in [0.4, 0.5) is 0 Å². The molecule has 1 aromatic heterocycles. The summed E-state index contributed by atoms with van der Waals surface area (Å²) in [5.41, 5.74) is 26.9. The number of carbonyl (C=O) groups excluding carboxylic acids is 4. The molecule has 0 bridgehead atoms. The van der Waals surface area contributed by atoms with Crippen LogP contribution in [-0.2, 0) is 32.0 Å². The third-order valence-electron chi connectivity index (χ3n) is 9.88. The maximum absolute atomic E-state index is 14.3. The number of nitrogens with two attached hydrogens (primary N) is 4. The van der Waals surface area contributed by atoms with Gasteiger partial charge >= 0.3 is 0 Å². The Kier molecular flexibility index (Phi) is 13.6. The van der Waals surface area contributed by atoms with Gasteiger partial charge in [0, 0.05) is 48.4 Å². The number of amides is 4. The highest BCUT2D eigenvalue weighted by molar-refractivity contribution is 5.95. The lowest BCUT2D eigenvalue weighted by atomic mass is 9.85. The van der Waals surface area contributed by atoms with E-state index < -0.39 is 35.8 Å². The van der Waals surface area contributed by atoms with Gasteiger partial charge in [-0.05, 0) is 79.0 Å². The molecule has 0 spiro atoms. The second kappa shape index (κ2) is 18.7. The molecule has 1 aliphatic rings. The maximum atomic E-state index is 14.3. The third kappa shape index (κ3) is 11.1. The van der Waals surface area contributed by atoms with E-state index in [0.29, 0.717) is 43.2 Å². The highest BCUT2D eigenvalue weighted by Crippen LogP contribution is 2.26. The van der Waals surface area contributed by atoms with E-state index in [1.54, 1.807) is 24.4 Å². The molecule has 1 aliphatic carbocycles. The number of hydrogen-bond donors (Lipinski definition) is 9. The zero-order chi connectivity index (χ0) is 38.6. The van der Waals surface area contributed by atoms with E-state index in [0.717, 1.165) is 35.0 Å². The number of phenols is 1. The number of guanidine groups is 1. The summed E-state index contributed by atoms with van der Waals surface area (Å²) in [5.74, 6) is -2.55. The summed E-state index contributed by atoms with van der Waals surface area (Å²) in [4.78, 5) is 61.5. The number of unbranched alkanes of at least 4 members (excludes halogenated alkanes) is 1. The smallest absolute Gasteiger partial charge is 0.243 e. The van der Waals surface area contributed by atoms with Gasteiger partial charge in [0.25, 0.3) is 0 Å². The number of aliphatic imine (C=N–C) groups is 1. The molecule has 1 saturated carbocycles. The van der Waals surface area contributed by atoms with Crippen LogP contribution in [0.2, 0.25) is 0 Å². The molecule has 1 fully saturated rings. The number of hydrogen-bond acceptors (Lipinski definition) is 7. The number of H-pyrrole nitrogens is 1. The zero-order valence-corrected chi connectivity index (χ0v) is 30.3. The predicted molar refractivity (Wildman–Crippen MR) is 209 cm³/mol. The molecule has 1 heterocycles. The topological polar surface area (TPSA) is 257 Å². The van der Waals surface area contributed by atoms with Crippen molar-refractivity contribution in [1.29, 1.82) is 0 Å². The van der Waals surface area contributed by atoms with E-state index in [9.17, 15) is 24.3 Å². The van der Waals surface area contributed by atoms with Crippen LogP contribution < -0.4 is 38.9 Å². The van der Waals surface area contributed by atoms with Crippen molar-refractivity contribution < 1.29 is 24.3 Å². The van der Waals surface area contributed by atoms with Gasteiger partial charge in [-0.1, -0.05) is 61.0 Å². The van der Waals surface area contributed by atoms with Gasteiger partial charge in [-0.3, -0.25) is 24.2 Å². The van der Waals surface area contributed by atoms with Crippen molar-refractivity contribution >= 4 is 40.5 Å². The number of phenolic OH excluding ortho intramolecular Hbond substituents is 1. The number of carbonyl (C=O) groups is 4. The zero-order valence-electron chi connectivity index (χ0n) is 30.3. The number of primary amides is 1. The Labute approximate surface area is 314 Å². The molecular formula is C40H51N9O5. The minimum absolute atomic E-state index is 0.0372. The maximum Gasteiger partial charge on any atom is 0.243 e. The average molecular weight is 738 g/mol. The van der Waals surface area contributed by atoms with Gasteiger partial charge in [-0.25, -0.2) is 0 Å². The summed E-state index contributed by atoms with van der Waals surface area (Å²) in [6, 6.07) is 19.0. The Morgan fingerprint density at radius 1 is 0.815 bits per heavy atom. The molecular weight excluding hydrogens is 686 g/mol. The van der Waals surface area contributed by atoms with Crippen molar-refractivity contribution in [2.24, 2.45) is 33.8 Å². The van der Waals surface area contributed by atoms with Crippen LogP contribution in [0.5, 0.6) is 5.75 Å². The van der Waals surface area contributed by atoms with E-state index in [4.69, 9.17) is 22.9 Å².